The maximum atomic E-state index is 13.4. The number of hydrogen-bond acceptors (Lipinski definition) is 7. The van der Waals surface area contributed by atoms with E-state index in [1.165, 1.54) is 0 Å². The van der Waals surface area contributed by atoms with Crippen LogP contribution in [0, 0.1) is 11.3 Å². The Labute approximate surface area is 186 Å². The number of anilines is 1. The summed E-state index contributed by atoms with van der Waals surface area (Å²) in [4.78, 5) is 24.0. The van der Waals surface area contributed by atoms with Crippen LogP contribution < -0.4 is 4.90 Å². The molecule has 5 rings (SSSR count). The molecule has 0 radical (unpaired) electrons. The second-order valence-corrected chi connectivity index (χ2v) is 8.13. The molecule has 1 aromatic carbocycles. The van der Waals surface area contributed by atoms with Gasteiger partial charge in [-0.15, -0.1) is 0 Å². The van der Waals surface area contributed by atoms with Gasteiger partial charge < -0.3 is 18.6 Å². The lowest BCUT2D eigenvalue weighted by atomic mass is 10.0. The highest BCUT2D eigenvalue weighted by Crippen LogP contribution is 2.31. The molecule has 2 saturated heterocycles. The molecule has 32 heavy (non-hydrogen) atoms. The largest absolute Gasteiger partial charge is 0.459 e. The van der Waals surface area contributed by atoms with Crippen molar-refractivity contribution >= 4 is 11.8 Å². The molecule has 1 amide bonds. The van der Waals surface area contributed by atoms with Crippen LogP contribution in [-0.4, -0.2) is 60.0 Å². The van der Waals surface area contributed by atoms with Crippen LogP contribution in [0.25, 0.3) is 11.7 Å². The average Bonchev–Trinajstić information content (AvgIpc) is 3.62. The number of rotatable bonds is 5. The maximum absolute atomic E-state index is 13.4. The lowest BCUT2D eigenvalue weighted by Gasteiger charge is -2.39. The van der Waals surface area contributed by atoms with Crippen molar-refractivity contribution in [3.05, 3.63) is 60.0 Å². The number of piperazine rings is 1. The Bertz CT molecular complexity index is 1090. The third kappa shape index (κ3) is 3.87. The zero-order chi connectivity index (χ0) is 21.9. The fourth-order valence-corrected chi connectivity index (χ4v) is 4.54. The Morgan fingerprint density at radius 3 is 2.41 bits per heavy atom. The monoisotopic (exact) mass is 431 g/mol. The first-order valence-corrected chi connectivity index (χ1v) is 11.0. The molecule has 4 heterocycles. The molecule has 2 aliphatic rings. The van der Waals surface area contributed by atoms with Crippen LogP contribution in [0.1, 0.15) is 30.1 Å². The van der Waals surface area contributed by atoms with Gasteiger partial charge in [0, 0.05) is 39.3 Å². The van der Waals surface area contributed by atoms with E-state index in [4.69, 9.17) is 8.83 Å². The van der Waals surface area contributed by atoms with Gasteiger partial charge >= 0.3 is 0 Å². The van der Waals surface area contributed by atoms with E-state index in [1.54, 1.807) is 18.4 Å². The summed E-state index contributed by atoms with van der Waals surface area (Å²) in [5.41, 5.74) is 1.27. The number of likely N-dealkylation sites (tertiary alicyclic amines) is 1. The molecule has 3 aromatic rings. The molecule has 0 spiro atoms. The molecule has 164 valence electrons. The van der Waals surface area contributed by atoms with Gasteiger partial charge in [-0.3, -0.25) is 9.69 Å². The highest BCUT2D eigenvalue weighted by atomic mass is 16.4. The number of nitriles is 1. The number of amides is 1. The van der Waals surface area contributed by atoms with E-state index in [0.717, 1.165) is 31.5 Å². The van der Waals surface area contributed by atoms with E-state index >= 15 is 0 Å². The van der Waals surface area contributed by atoms with Gasteiger partial charge in [-0.2, -0.15) is 10.2 Å². The van der Waals surface area contributed by atoms with Gasteiger partial charge in [-0.05, 0) is 30.5 Å². The Morgan fingerprint density at radius 2 is 1.75 bits per heavy atom. The molecule has 0 unspecified atom stereocenters. The maximum Gasteiger partial charge on any atom is 0.266 e. The Balaban J connectivity index is 1.34. The third-order valence-corrected chi connectivity index (χ3v) is 6.18. The summed E-state index contributed by atoms with van der Waals surface area (Å²) < 4.78 is 11.3. The van der Waals surface area contributed by atoms with Gasteiger partial charge in [0.1, 0.15) is 12.1 Å². The quantitative estimate of drug-likeness (QED) is 0.612. The Hall–Kier alpha value is -3.57. The first-order valence-electron chi connectivity index (χ1n) is 11.0. The molecule has 0 saturated carbocycles. The molecule has 8 nitrogen and oxygen atoms in total. The summed E-state index contributed by atoms with van der Waals surface area (Å²) in [5, 5.41) is 9.55. The van der Waals surface area contributed by atoms with Crippen LogP contribution in [0.5, 0.6) is 0 Å². The number of carbonyl (C=O) groups excluding carboxylic acids is 1. The molecule has 0 bridgehead atoms. The van der Waals surface area contributed by atoms with Crippen LogP contribution in [0.3, 0.4) is 0 Å². The van der Waals surface area contributed by atoms with Crippen molar-refractivity contribution in [2.45, 2.75) is 18.9 Å². The first kappa shape index (κ1) is 20.3. The number of aromatic nitrogens is 1. The normalized spacial score (nSPS) is 18.0. The van der Waals surface area contributed by atoms with Crippen LogP contribution in [0.15, 0.2) is 57.6 Å². The van der Waals surface area contributed by atoms with E-state index in [0.29, 0.717) is 43.7 Å². The van der Waals surface area contributed by atoms with E-state index in [9.17, 15) is 10.1 Å². The van der Waals surface area contributed by atoms with E-state index in [2.05, 4.69) is 16.0 Å². The highest BCUT2D eigenvalue weighted by Gasteiger charge is 2.35. The van der Waals surface area contributed by atoms with Gasteiger partial charge in [0.25, 0.3) is 5.89 Å². The minimum absolute atomic E-state index is 0.180. The summed E-state index contributed by atoms with van der Waals surface area (Å²) in [6.45, 7) is 4.31. The number of nitrogens with zero attached hydrogens (tertiary/aromatic N) is 5. The summed E-state index contributed by atoms with van der Waals surface area (Å²) in [5.74, 6) is 1.43. The first-order chi connectivity index (χ1) is 15.7. The van der Waals surface area contributed by atoms with Crippen molar-refractivity contribution in [1.29, 1.82) is 5.26 Å². The Morgan fingerprint density at radius 1 is 1.00 bits per heavy atom. The van der Waals surface area contributed by atoms with Gasteiger partial charge in [-0.25, -0.2) is 0 Å². The topological polar surface area (TPSA) is 89.7 Å². The van der Waals surface area contributed by atoms with Gasteiger partial charge in [0.15, 0.2) is 5.76 Å². The third-order valence-electron chi connectivity index (χ3n) is 6.18. The van der Waals surface area contributed by atoms with Crippen molar-refractivity contribution in [2.75, 3.05) is 44.2 Å². The second kappa shape index (κ2) is 8.89. The highest BCUT2D eigenvalue weighted by molar-refractivity contribution is 5.83. The zero-order valence-electron chi connectivity index (χ0n) is 17.8. The number of carbonyl (C=O) groups is 1. The summed E-state index contributed by atoms with van der Waals surface area (Å²) in [6.07, 6.45) is 3.69. The second-order valence-electron chi connectivity index (χ2n) is 8.13. The van der Waals surface area contributed by atoms with Crippen molar-refractivity contribution in [2.24, 2.45) is 0 Å². The minimum atomic E-state index is -0.291. The number of hydrogen-bond donors (Lipinski definition) is 0. The Kier molecular flexibility index (Phi) is 5.65. The van der Waals surface area contributed by atoms with Crippen molar-refractivity contribution in [1.82, 2.24) is 14.8 Å². The number of oxazole rings is 1. The van der Waals surface area contributed by atoms with Crippen molar-refractivity contribution < 1.29 is 13.6 Å². The molecule has 8 heteroatoms. The lowest BCUT2D eigenvalue weighted by Crippen LogP contribution is -2.51. The number of benzene rings is 1. The lowest BCUT2D eigenvalue weighted by molar-refractivity contribution is -0.136. The summed E-state index contributed by atoms with van der Waals surface area (Å²) >= 11 is 0. The zero-order valence-corrected chi connectivity index (χ0v) is 17.8. The molecule has 0 aliphatic carbocycles. The summed E-state index contributed by atoms with van der Waals surface area (Å²) in [7, 11) is 0. The fourth-order valence-electron chi connectivity index (χ4n) is 4.54. The molecule has 1 atom stereocenters. The van der Waals surface area contributed by atoms with Gasteiger partial charge in [-0.1, -0.05) is 30.3 Å². The van der Waals surface area contributed by atoms with Crippen molar-refractivity contribution in [3.8, 4) is 17.7 Å². The van der Waals surface area contributed by atoms with Crippen LogP contribution in [0.4, 0.5) is 5.88 Å². The summed E-state index contributed by atoms with van der Waals surface area (Å²) in [6, 6.07) is 15.4. The predicted molar refractivity (Wildman–Crippen MR) is 118 cm³/mol. The molecular weight excluding hydrogens is 406 g/mol. The van der Waals surface area contributed by atoms with Crippen LogP contribution >= 0.6 is 0 Å². The van der Waals surface area contributed by atoms with Gasteiger partial charge in [0.05, 0.1) is 6.26 Å². The van der Waals surface area contributed by atoms with Crippen LogP contribution in [0.2, 0.25) is 0 Å². The van der Waals surface area contributed by atoms with E-state index in [1.807, 2.05) is 40.1 Å². The molecule has 0 N–H and O–H groups in total. The molecular formula is C24H25N5O3. The standard InChI is InChI=1S/C24H25N5O3/c25-17-19-24(32-22(26-19)20-9-6-16-31-20)29-14-12-27(13-15-29)21(18-7-2-1-3-8-18)23(30)28-10-4-5-11-28/h1-3,6-9,16,21H,4-5,10-15H2/t21-/m1/s1. The smallest absolute Gasteiger partial charge is 0.266 e. The fraction of sp³-hybridized carbons (Fsp3) is 0.375. The average molecular weight is 431 g/mol. The molecule has 2 aliphatic heterocycles. The molecule has 2 fully saturated rings. The van der Waals surface area contributed by atoms with E-state index < -0.39 is 0 Å². The molecule has 2 aromatic heterocycles. The van der Waals surface area contributed by atoms with Crippen LogP contribution in [-0.2, 0) is 4.79 Å². The van der Waals surface area contributed by atoms with E-state index in [-0.39, 0.29) is 17.6 Å². The predicted octanol–water partition coefficient (Wildman–Crippen LogP) is 3.29. The number of furan rings is 1. The minimum Gasteiger partial charge on any atom is -0.459 e. The van der Waals surface area contributed by atoms with Gasteiger partial charge in [0.2, 0.25) is 17.5 Å². The van der Waals surface area contributed by atoms with Crippen molar-refractivity contribution in [3.63, 3.8) is 0 Å². The SMILES string of the molecule is N#Cc1nc(-c2ccco2)oc1N1CCN([C@@H](C(=O)N2CCCC2)c2ccccc2)CC1.